The van der Waals surface area contributed by atoms with E-state index in [0.717, 1.165) is 6.07 Å². The number of anilines is 1. The number of aliphatic hydroxyl groups is 1. The molecule has 36 heavy (non-hydrogen) atoms. The molecule has 0 aliphatic heterocycles. The molecule has 2 aromatic carbocycles. The van der Waals surface area contributed by atoms with Crippen molar-refractivity contribution in [1.82, 2.24) is 14.8 Å². The molecule has 1 aliphatic rings. The number of halogens is 3. The van der Waals surface area contributed by atoms with Crippen LogP contribution in [-0.4, -0.2) is 38.5 Å². The number of nitrogens with zero attached hydrogens (tertiary/aromatic N) is 3. The van der Waals surface area contributed by atoms with Crippen molar-refractivity contribution in [2.45, 2.75) is 31.4 Å². The number of pyridine rings is 1. The lowest BCUT2D eigenvalue weighted by atomic mass is 9.77. The van der Waals surface area contributed by atoms with Crippen LogP contribution in [-0.2, 0) is 0 Å². The number of methoxy groups -OCH3 is 1. The fraction of sp³-hybridized carbons (Fsp3) is 0.240. The third-order valence-electron chi connectivity index (χ3n) is 6.47. The monoisotopic (exact) mass is 497 g/mol. The van der Waals surface area contributed by atoms with Crippen LogP contribution in [0.3, 0.4) is 0 Å². The van der Waals surface area contributed by atoms with Gasteiger partial charge < -0.3 is 21.3 Å². The predicted octanol–water partition coefficient (Wildman–Crippen LogP) is 3.96. The smallest absolute Gasteiger partial charge is 0.254 e. The van der Waals surface area contributed by atoms with Crippen molar-refractivity contribution in [3.8, 4) is 28.3 Å². The summed E-state index contributed by atoms with van der Waals surface area (Å²) in [5, 5.41) is 14.5. The first-order chi connectivity index (χ1) is 17.0. The van der Waals surface area contributed by atoms with E-state index in [1.807, 2.05) is 0 Å². The summed E-state index contributed by atoms with van der Waals surface area (Å²) in [6.07, 6.45) is 0.668. The van der Waals surface area contributed by atoms with Gasteiger partial charge in [0.25, 0.3) is 5.91 Å². The van der Waals surface area contributed by atoms with E-state index in [1.165, 1.54) is 42.1 Å². The van der Waals surface area contributed by atoms with E-state index in [1.54, 1.807) is 6.92 Å². The third kappa shape index (κ3) is 3.54. The lowest BCUT2D eigenvalue weighted by molar-refractivity contribution is -0.0535. The second-order valence-electron chi connectivity index (χ2n) is 9.09. The van der Waals surface area contributed by atoms with E-state index in [-0.39, 0.29) is 50.9 Å². The number of nitrogen functional groups attached to an aromatic ring is 1. The van der Waals surface area contributed by atoms with Gasteiger partial charge in [-0.1, -0.05) is 12.1 Å². The molecule has 1 saturated carbocycles. The van der Waals surface area contributed by atoms with Crippen molar-refractivity contribution in [3.63, 3.8) is 0 Å². The van der Waals surface area contributed by atoms with Gasteiger partial charge in [-0.2, -0.15) is 5.10 Å². The number of primary amides is 1. The highest BCUT2D eigenvalue weighted by Crippen LogP contribution is 2.44. The number of aromatic nitrogens is 3. The van der Waals surface area contributed by atoms with Crippen LogP contribution in [0, 0.1) is 17.5 Å². The molecule has 2 heterocycles. The molecular weight excluding hydrogens is 475 g/mol. The summed E-state index contributed by atoms with van der Waals surface area (Å²) < 4.78 is 52.2. The van der Waals surface area contributed by atoms with Crippen LogP contribution in [0.1, 0.15) is 36.2 Å². The Balaban J connectivity index is 1.75. The average molecular weight is 497 g/mol. The quantitative estimate of drug-likeness (QED) is 0.383. The van der Waals surface area contributed by atoms with Crippen molar-refractivity contribution in [3.05, 3.63) is 59.4 Å². The number of ether oxygens (including phenoxy) is 1. The van der Waals surface area contributed by atoms with Gasteiger partial charge in [0, 0.05) is 16.5 Å². The largest absolute Gasteiger partial charge is 0.493 e. The van der Waals surface area contributed by atoms with Crippen LogP contribution in [0.25, 0.3) is 33.4 Å². The highest BCUT2D eigenvalue weighted by Gasteiger charge is 2.42. The van der Waals surface area contributed by atoms with Gasteiger partial charge in [-0.05, 0) is 44.0 Å². The molecule has 0 saturated heterocycles. The number of hydrogen-bond acceptors (Lipinski definition) is 6. The molecule has 186 valence electrons. The molecule has 2 aromatic heterocycles. The van der Waals surface area contributed by atoms with Crippen LogP contribution in [0.4, 0.5) is 19.0 Å². The Labute approximate surface area is 203 Å². The highest BCUT2D eigenvalue weighted by molar-refractivity contribution is 6.04. The maximum atomic E-state index is 16.0. The van der Waals surface area contributed by atoms with E-state index < -0.39 is 34.7 Å². The van der Waals surface area contributed by atoms with Crippen LogP contribution in [0.2, 0.25) is 0 Å². The number of nitrogens with two attached hydrogens (primary N) is 2. The summed E-state index contributed by atoms with van der Waals surface area (Å²) in [5.41, 5.74) is 9.39. The molecule has 1 amide bonds. The molecule has 8 nitrogen and oxygen atoms in total. The summed E-state index contributed by atoms with van der Waals surface area (Å²) in [4.78, 5) is 16.4. The van der Waals surface area contributed by atoms with Gasteiger partial charge in [0.1, 0.15) is 34.1 Å². The van der Waals surface area contributed by atoms with Gasteiger partial charge in [0.2, 0.25) is 0 Å². The van der Waals surface area contributed by atoms with E-state index in [4.69, 9.17) is 16.2 Å². The van der Waals surface area contributed by atoms with Crippen molar-refractivity contribution >= 4 is 22.6 Å². The minimum atomic E-state index is -0.953. The zero-order valence-electron chi connectivity index (χ0n) is 19.3. The Morgan fingerprint density at radius 3 is 2.42 bits per heavy atom. The first kappa shape index (κ1) is 23.6. The fourth-order valence-corrected chi connectivity index (χ4v) is 4.74. The summed E-state index contributed by atoms with van der Waals surface area (Å²) in [7, 11) is 1.20. The lowest BCUT2D eigenvalue weighted by Crippen LogP contribution is -2.42. The van der Waals surface area contributed by atoms with Gasteiger partial charge in [-0.25, -0.2) is 22.8 Å². The van der Waals surface area contributed by atoms with Crippen LogP contribution in [0.5, 0.6) is 5.75 Å². The van der Waals surface area contributed by atoms with Crippen LogP contribution < -0.4 is 16.2 Å². The van der Waals surface area contributed by atoms with E-state index >= 15 is 8.78 Å². The molecule has 4 aromatic rings. The van der Waals surface area contributed by atoms with Crippen molar-refractivity contribution < 1.29 is 27.8 Å². The molecule has 0 atom stereocenters. The Morgan fingerprint density at radius 2 is 1.81 bits per heavy atom. The standard InChI is InChI=1S/C25H22F3N5O3/c1-25(35)9-11(10-25)33-23(29)16(24(30)34)19(32-33)13-7-8-14-21(17(13)27)31-20(18(28)22(14)36-2)12-5-3-4-6-15(12)26/h3-8,11,35H,9-10,29H2,1-2H3,(H2,30,34). The van der Waals surface area contributed by atoms with E-state index in [9.17, 15) is 14.3 Å². The average Bonchev–Trinajstić information content (AvgIpc) is 3.14. The minimum absolute atomic E-state index is 0.000547. The number of rotatable bonds is 5. The molecule has 0 spiro atoms. The number of fused-ring (bicyclic) bond motifs is 1. The number of carbonyl (C=O) groups excluding carboxylic acids is 1. The Morgan fingerprint density at radius 1 is 1.11 bits per heavy atom. The van der Waals surface area contributed by atoms with Gasteiger partial charge in [-0.3, -0.25) is 4.79 Å². The molecular formula is C25H22F3N5O3. The molecule has 0 unspecified atom stereocenters. The van der Waals surface area contributed by atoms with E-state index in [0.29, 0.717) is 12.8 Å². The summed E-state index contributed by atoms with van der Waals surface area (Å²) in [6, 6.07) is 7.72. The molecule has 11 heteroatoms. The summed E-state index contributed by atoms with van der Waals surface area (Å²) in [6.45, 7) is 1.66. The van der Waals surface area contributed by atoms with Crippen LogP contribution in [0.15, 0.2) is 36.4 Å². The Hall–Kier alpha value is -4.12. The number of hydrogen-bond donors (Lipinski definition) is 3. The normalized spacial score (nSPS) is 19.3. The maximum absolute atomic E-state index is 16.0. The molecule has 5 N–H and O–H groups in total. The van der Waals surface area contributed by atoms with Crippen molar-refractivity contribution in [2.24, 2.45) is 5.73 Å². The Bertz CT molecular complexity index is 1540. The molecule has 1 fully saturated rings. The zero-order chi connectivity index (χ0) is 25.9. The maximum Gasteiger partial charge on any atom is 0.254 e. The van der Waals surface area contributed by atoms with Gasteiger partial charge in [-0.15, -0.1) is 0 Å². The first-order valence-electron chi connectivity index (χ1n) is 11.0. The zero-order valence-corrected chi connectivity index (χ0v) is 19.3. The van der Waals surface area contributed by atoms with Crippen LogP contribution >= 0.6 is 0 Å². The lowest BCUT2D eigenvalue weighted by Gasteiger charge is -2.41. The fourth-order valence-electron chi connectivity index (χ4n) is 4.74. The molecule has 1 aliphatic carbocycles. The summed E-state index contributed by atoms with van der Waals surface area (Å²) >= 11 is 0. The highest BCUT2D eigenvalue weighted by atomic mass is 19.1. The second kappa shape index (κ2) is 8.23. The minimum Gasteiger partial charge on any atom is -0.493 e. The summed E-state index contributed by atoms with van der Waals surface area (Å²) in [5.74, 6) is -3.95. The SMILES string of the molecule is COc1c(F)c(-c2ccccc2F)nc2c(F)c(-c3nn(C4CC(C)(O)C4)c(N)c3C(N)=O)ccc12. The number of benzene rings is 2. The van der Waals surface area contributed by atoms with Crippen molar-refractivity contribution in [2.75, 3.05) is 12.8 Å². The van der Waals surface area contributed by atoms with Gasteiger partial charge in [0.05, 0.1) is 18.8 Å². The van der Waals surface area contributed by atoms with E-state index in [2.05, 4.69) is 10.1 Å². The van der Waals surface area contributed by atoms with Crippen molar-refractivity contribution in [1.29, 1.82) is 0 Å². The number of amides is 1. The molecule has 5 rings (SSSR count). The predicted molar refractivity (Wildman–Crippen MR) is 127 cm³/mol. The number of carbonyl (C=O) groups is 1. The van der Waals surface area contributed by atoms with Gasteiger partial charge in [0.15, 0.2) is 17.4 Å². The third-order valence-corrected chi connectivity index (χ3v) is 6.47. The van der Waals surface area contributed by atoms with Gasteiger partial charge >= 0.3 is 0 Å². The second-order valence-corrected chi connectivity index (χ2v) is 9.09. The Kier molecular flexibility index (Phi) is 5.40. The first-order valence-corrected chi connectivity index (χ1v) is 11.0. The molecule has 0 bridgehead atoms. The topological polar surface area (TPSA) is 129 Å². The molecule has 0 radical (unpaired) electrons.